The molecule has 0 amide bonds. The molecule has 0 saturated carbocycles. The van der Waals surface area contributed by atoms with Crippen LogP contribution < -0.4 is 11.3 Å². The molecule has 8 heavy (non-hydrogen) atoms. The zero-order chi connectivity index (χ0) is 5.15. The SMILES string of the molecule is N.O=C([O-])C(=O)O.[Fe+2]. The summed E-state index contributed by atoms with van der Waals surface area (Å²) in [6.45, 7) is 0. The Morgan fingerprint density at radius 3 is 1.50 bits per heavy atom. The molecule has 0 unspecified atom stereocenters. The maximum absolute atomic E-state index is 9.04. The number of carboxylic acid groups (broad SMARTS) is 2. The summed E-state index contributed by atoms with van der Waals surface area (Å²) in [6, 6.07) is 0. The second-order valence-corrected chi connectivity index (χ2v) is 0.593. The van der Waals surface area contributed by atoms with Crippen molar-refractivity contribution in [2.75, 3.05) is 0 Å². The van der Waals surface area contributed by atoms with E-state index in [1.54, 1.807) is 0 Å². The average Bonchev–Trinajstić information content (AvgIpc) is 1.36. The minimum atomic E-state index is -2.07. The molecule has 6 heteroatoms. The third-order valence-electron chi connectivity index (χ3n) is 0.175. The third kappa shape index (κ3) is 9.05. The first-order valence-corrected chi connectivity index (χ1v) is 1.09. The van der Waals surface area contributed by atoms with Gasteiger partial charge >= 0.3 is 23.0 Å². The smallest absolute Gasteiger partial charge is 0.539 e. The summed E-state index contributed by atoms with van der Waals surface area (Å²) in [4.78, 5) is 18.0. The Labute approximate surface area is 55.7 Å². The van der Waals surface area contributed by atoms with E-state index in [-0.39, 0.29) is 23.2 Å². The molecule has 0 aromatic rings. The van der Waals surface area contributed by atoms with Crippen LogP contribution in [0.4, 0.5) is 0 Å². The molecule has 0 aliphatic carbocycles. The first kappa shape index (κ1) is 15.7. The van der Waals surface area contributed by atoms with Crippen molar-refractivity contribution in [3.05, 3.63) is 0 Å². The van der Waals surface area contributed by atoms with Crippen LogP contribution in [-0.2, 0) is 26.7 Å². The fourth-order valence-electron chi connectivity index (χ4n) is 0. The molecule has 0 atom stereocenters. The second-order valence-electron chi connectivity index (χ2n) is 0.593. The van der Waals surface area contributed by atoms with Gasteiger partial charge in [0.15, 0.2) is 5.97 Å². The summed E-state index contributed by atoms with van der Waals surface area (Å²) in [7, 11) is 0. The van der Waals surface area contributed by atoms with Crippen LogP contribution in [-0.4, -0.2) is 17.0 Å². The molecule has 0 spiro atoms. The molecule has 0 aromatic heterocycles. The van der Waals surface area contributed by atoms with Gasteiger partial charge in [0.05, 0.1) is 0 Å². The summed E-state index contributed by atoms with van der Waals surface area (Å²) < 4.78 is 0. The molecule has 0 aromatic carbocycles. The summed E-state index contributed by atoms with van der Waals surface area (Å²) in [6.07, 6.45) is 0. The summed E-state index contributed by atoms with van der Waals surface area (Å²) in [5.41, 5.74) is 0. The Morgan fingerprint density at radius 2 is 1.50 bits per heavy atom. The minimum absolute atomic E-state index is 0. The van der Waals surface area contributed by atoms with E-state index in [0.717, 1.165) is 0 Å². The number of hydrogen-bond acceptors (Lipinski definition) is 4. The van der Waals surface area contributed by atoms with Gasteiger partial charge in [-0.1, -0.05) is 0 Å². The predicted octanol–water partition coefficient (Wildman–Crippen LogP) is -2.02. The number of aliphatic carboxylic acids is 2. The molecule has 0 saturated heterocycles. The maximum atomic E-state index is 9.04. The fourth-order valence-corrected chi connectivity index (χ4v) is 0. The van der Waals surface area contributed by atoms with Gasteiger partial charge in [-0.25, -0.2) is 4.79 Å². The van der Waals surface area contributed by atoms with Crippen LogP contribution in [0.3, 0.4) is 0 Å². The van der Waals surface area contributed by atoms with Crippen molar-refractivity contribution in [3.63, 3.8) is 0 Å². The number of carbonyl (C=O) groups is 2. The van der Waals surface area contributed by atoms with Gasteiger partial charge in [0.1, 0.15) is 0 Å². The van der Waals surface area contributed by atoms with E-state index < -0.39 is 11.9 Å². The van der Waals surface area contributed by atoms with Gasteiger partial charge in [-0.2, -0.15) is 0 Å². The van der Waals surface area contributed by atoms with E-state index in [4.69, 9.17) is 19.8 Å². The molecule has 0 radical (unpaired) electrons. The predicted molar refractivity (Wildman–Crippen MR) is 17.7 cm³/mol. The van der Waals surface area contributed by atoms with Gasteiger partial charge in [0.25, 0.3) is 0 Å². The molecule has 0 rings (SSSR count). The van der Waals surface area contributed by atoms with Gasteiger partial charge in [-0.15, -0.1) is 0 Å². The van der Waals surface area contributed by atoms with Crippen LogP contribution >= 0.6 is 0 Å². The van der Waals surface area contributed by atoms with Crippen molar-refractivity contribution in [1.29, 1.82) is 0 Å². The van der Waals surface area contributed by atoms with Gasteiger partial charge in [0, 0.05) is 0 Å². The monoisotopic (exact) mass is 162 g/mol. The normalized spacial score (nSPS) is 5.50. The Bertz CT molecular complexity index is 80.0. The topological polar surface area (TPSA) is 112 Å². The van der Waals surface area contributed by atoms with Gasteiger partial charge < -0.3 is 21.2 Å². The average molecular weight is 162 g/mol. The molecule has 48 valence electrons. The number of hydrogen-bond donors (Lipinski definition) is 2. The maximum Gasteiger partial charge on any atom is 2.00 e. The van der Waals surface area contributed by atoms with Gasteiger partial charge in [0.2, 0.25) is 0 Å². The number of carbonyl (C=O) groups excluding carboxylic acids is 1. The Balaban J connectivity index is -0.000000125. The first-order valence-electron chi connectivity index (χ1n) is 1.09. The summed E-state index contributed by atoms with van der Waals surface area (Å²) in [5.74, 6) is -4.01. The molecule has 0 bridgehead atoms. The largest absolute Gasteiger partial charge is 2.00 e. The zero-order valence-corrected chi connectivity index (χ0v) is 4.84. The van der Waals surface area contributed by atoms with E-state index in [1.165, 1.54) is 0 Å². The molecular formula is C2H4FeNO4+. The Hall–Kier alpha value is -0.581. The molecule has 0 heterocycles. The molecule has 0 aliphatic heterocycles. The molecule has 0 aliphatic rings. The van der Waals surface area contributed by atoms with E-state index in [0.29, 0.717) is 0 Å². The van der Waals surface area contributed by atoms with E-state index in [9.17, 15) is 0 Å². The fraction of sp³-hybridized carbons (Fsp3) is 0. The Morgan fingerprint density at radius 1 is 1.38 bits per heavy atom. The van der Waals surface area contributed by atoms with Crippen LogP contribution in [0.5, 0.6) is 0 Å². The number of carboxylic acids is 2. The van der Waals surface area contributed by atoms with E-state index >= 15 is 0 Å². The van der Waals surface area contributed by atoms with E-state index in [2.05, 4.69) is 0 Å². The van der Waals surface area contributed by atoms with Crippen molar-refractivity contribution >= 4 is 11.9 Å². The Kier molecular flexibility index (Phi) is 12.6. The van der Waals surface area contributed by atoms with Crippen molar-refractivity contribution in [2.45, 2.75) is 0 Å². The van der Waals surface area contributed by atoms with Crippen molar-refractivity contribution < 1.29 is 36.9 Å². The third-order valence-corrected chi connectivity index (χ3v) is 0.175. The van der Waals surface area contributed by atoms with Crippen LogP contribution in [0, 0.1) is 0 Å². The van der Waals surface area contributed by atoms with Crippen LogP contribution in [0.15, 0.2) is 0 Å². The summed E-state index contributed by atoms with van der Waals surface area (Å²) >= 11 is 0. The molecule has 0 fully saturated rings. The quantitative estimate of drug-likeness (QED) is 0.315. The van der Waals surface area contributed by atoms with Crippen LogP contribution in [0.1, 0.15) is 0 Å². The molecule has 5 nitrogen and oxygen atoms in total. The van der Waals surface area contributed by atoms with Crippen molar-refractivity contribution in [3.8, 4) is 0 Å². The summed E-state index contributed by atoms with van der Waals surface area (Å²) in [5, 5.41) is 16.3. The molecular weight excluding hydrogens is 158 g/mol. The van der Waals surface area contributed by atoms with Crippen molar-refractivity contribution in [1.82, 2.24) is 6.15 Å². The number of rotatable bonds is 0. The molecule has 4 N–H and O–H groups in total. The van der Waals surface area contributed by atoms with Gasteiger partial charge in [-0.3, -0.25) is 0 Å². The standard InChI is InChI=1S/C2H2O4.Fe.H3N/c3-1(4)2(5)6;;/h(H,3,4)(H,5,6);;1H3/q;+2;/p-1. The zero-order valence-electron chi connectivity index (χ0n) is 3.73. The van der Waals surface area contributed by atoms with Gasteiger partial charge in [-0.05, 0) is 0 Å². The second kappa shape index (κ2) is 6.42. The van der Waals surface area contributed by atoms with E-state index in [1.807, 2.05) is 0 Å². The van der Waals surface area contributed by atoms with Crippen LogP contribution in [0.25, 0.3) is 0 Å². The van der Waals surface area contributed by atoms with Crippen LogP contribution in [0.2, 0.25) is 0 Å². The minimum Gasteiger partial charge on any atom is -0.539 e. The first-order chi connectivity index (χ1) is 2.64. The van der Waals surface area contributed by atoms with Crippen molar-refractivity contribution in [2.24, 2.45) is 0 Å².